The zero-order chi connectivity index (χ0) is 29.9. The van der Waals surface area contributed by atoms with Gasteiger partial charge in [0.25, 0.3) is 0 Å². The first-order chi connectivity index (χ1) is 20.1. The van der Waals surface area contributed by atoms with Crippen LogP contribution >= 0.6 is 0 Å². The van der Waals surface area contributed by atoms with Crippen molar-refractivity contribution < 1.29 is 38.0 Å². The summed E-state index contributed by atoms with van der Waals surface area (Å²) in [5.41, 5.74) is 2.32. The van der Waals surface area contributed by atoms with Crippen LogP contribution in [0, 0.1) is 13.8 Å². The highest BCUT2D eigenvalue weighted by Crippen LogP contribution is 2.47. The van der Waals surface area contributed by atoms with Crippen molar-refractivity contribution in [2.75, 3.05) is 6.61 Å². The molecule has 2 aliphatic heterocycles. The fourth-order valence-electron chi connectivity index (χ4n) is 5.17. The van der Waals surface area contributed by atoms with Gasteiger partial charge in [-0.3, -0.25) is 0 Å². The summed E-state index contributed by atoms with van der Waals surface area (Å²) in [6.07, 6.45) is -2.04. The van der Waals surface area contributed by atoms with Gasteiger partial charge in [0.2, 0.25) is 0 Å². The molecule has 0 aliphatic carbocycles. The third-order valence-corrected chi connectivity index (χ3v) is 7.43. The predicted molar refractivity (Wildman–Crippen MR) is 155 cm³/mol. The van der Waals surface area contributed by atoms with E-state index in [2.05, 4.69) is 6.58 Å². The number of esters is 2. The van der Waals surface area contributed by atoms with Gasteiger partial charge < -0.3 is 28.4 Å². The second-order valence-corrected chi connectivity index (χ2v) is 11.1. The zero-order valence-corrected chi connectivity index (χ0v) is 24.3. The molecule has 8 heteroatoms. The minimum Gasteiger partial charge on any atom is -0.458 e. The summed E-state index contributed by atoms with van der Waals surface area (Å²) in [5, 5.41) is 0. The number of fused-ring (bicyclic) bond motifs is 1. The molecule has 0 amide bonds. The molecule has 0 bridgehead atoms. The van der Waals surface area contributed by atoms with Gasteiger partial charge in [-0.05, 0) is 57.5 Å². The van der Waals surface area contributed by atoms with Gasteiger partial charge in [0, 0.05) is 0 Å². The normalized spacial score (nSPS) is 24.9. The van der Waals surface area contributed by atoms with E-state index in [0.29, 0.717) is 11.1 Å². The van der Waals surface area contributed by atoms with Crippen molar-refractivity contribution in [2.24, 2.45) is 0 Å². The van der Waals surface area contributed by atoms with E-state index in [1.165, 1.54) is 0 Å². The second-order valence-electron chi connectivity index (χ2n) is 11.1. The van der Waals surface area contributed by atoms with Crippen LogP contribution < -0.4 is 0 Å². The standard InChI is InChI=1S/C34H36O8/c1-6-34(38-20-24-10-8-7-9-11-24)28(40-32-29(34)41-33(4,5)42-32)27(39-31(36)26-18-14-23(3)15-19-26)21-37-30(35)25-16-12-22(2)13-17-25/h6-19,27-29,32H,1,20-21H2,2-5H3/t27-,28-,29+,32-,34-/m1/s1. The second kappa shape index (κ2) is 12.2. The Bertz CT molecular complexity index is 1400. The molecular formula is C34H36O8. The van der Waals surface area contributed by atoms with Crippen LogP contribution in [0.15, 0.2) is 91.5 Å². The van der Waals surface area contributed by atoms with Crippen LogP contribution in [0.4, 0.5) is 0 Å². The Kier molecular flexibility index (Phi) is 8.61. The van der Waals surface area contributed by atoms with Gasteiger partial charge in [-0.15, -0.1) is 6.58 Å². The molecule has 0 unspecified atom stereocenters. The molecule has 220 valence electrons. The van der Waals surface area contributed by atoms with Crippen molar-refractivity contribution in [2.45, 2.75) is 70.3 Å². The van der Waals surface area contributed by atoms with Crippen LogP contribution in [0.1, 0.15) is 51.3 Å². The van der Waals surface area contributed by atoms with Crippen LogP contribution in [0.2, 0.25) is 0 Å². The van der Waals surface area contributed by atoms with Crippen LogP contribution in [-0.4, -0.2) is 54.5 Å². The average Bonchev–Trinajstić information content (AvgIpc) is 3.44. The third kappa shape index (κ3) is 6.32. The summed E-state index contributed by atoms with van der Waals surface area (Å²) in [6, 6.07) is 23.6. The number of carbonyl (C=O) groups excluding carboxylic acids is 2. The molecule has 2 fully saturated rings. The van der Waals surface area contributed by atoms with E-state index >= 15 is 0 Å². The van der Waals surface area contributed by atoms with Crippen molar-refractivity contribution >= 4 is 11.9 Å². The van der Waals surface area contributed by atoms with Crippen LogP contribution in [0.25, 0.3) is 0 Å². The Hall–Kier alpha value is -3.82. The van der Waals surface area contributed by atoms with E-state index in [-0.39, 0.29) is 13.2 Å². The number of ether oxygens (including phenoxy) is 6. The Labute approximate surface area is 246 Å². The van der Waals surface area contributed by atoms with E-state index in [4.69, 9.17) is 28.4 Å². The molecule has 8 nitrogen and oxygen atoms in total. The Balaban J connectivity index is 1.46. The Morgan fingerprint density at radius 2 is 1.48 bits per heavy atom. The van der Waals surface area contributed by atoms with E-state index in [9.17, 15) is 9.59 Å². The van der Waals surface area contributed by atoms with Gasteiger partial charge in [-0.25, -0.2) is 9.59 Å². The van der Waals surface area contributed by atoms with Gasteiger partial charge in [-0.2, -0.15) is 0 Å². The highest BCUT2D eigenvalue weighted by Gasteiger charge is 2.66. The number of benzene rings is 3. The average molecular weight is 573 g/mol. The fraction of sp³-hybridized carbons (Fsp3) is 0.353. The summed E-state index contributed by atoms with van der Waals surface area (Å²) in [4.78, 5) is 26.3. The van der Waals surface area contributed by atoms with E-state index < -0.39 is 47.9 Å². The van der Waals surface area contributed by atoms with E-state index in [1.807, 2.05) is 68.4 Å². The first kappa shape index (κ1) is 29.7. The van der Waals surface area contributed by atoms with Gasteiger partial charge >= 0.3 is 11.9 Å². The van der Waals surface area contributed by atoms with Crippen LogP contribution in [0.3, 0.4) is 0 Å². The number of hydrogen-bond acceptors (Lipinski definition) is 8. The summed E-state index contributed by atoms with van der Waals surface area (Å²) in [5.74, 6) is -2.11. The highest BCUT2D eigenvalue weighted by atomic mass is 16.8. The molecule has 5 atom stereocenters. The van der Waals surface area contributed by atoms with Gasteiger partial charge in [0.1, 0.15) is 24.4 Å². The van der Waals surface area contributed by atoms with Gasteiger partial charge in [0.15, 0.2) is 18.2 Å². The molecule has 5 rings (SSSR count). The molecule has 2 heterocycles. The Morgan fingerprint density at radius 3 is 2.07 bits per heavy atom. The SMILES string of the molecule is C=C[C@@]1(OCc2ccccc2)[C@@H]([C@@H](COC(=O)c2ccc(C)cc2)OC(=O)c2ccc(C)cc2)O[C@@H]2OC(C)(C)O[C@@H]21. The largest absolute Gasteiger partial charge is 0.458 e. The monoisotopic (exact) mass is 572 g/mol. The van der Waals surface area contributed by atoms with Gasteiger partial charge in [-0.1, -0.05) is 71.8 Å². The summed E-state index contributed by atoms with van der Waals surface area (Å²) in [7, 11) is 0. The van der Waals surface area contributed by atoms with Crippen molar-refractivity contribution in [1.82, 2.24) is 0 Å². The minimum absolute atomic E-state index is 0.196. The van der Waals surface area contributed by atoms with Crippen molar-refractivity contribution in [3.63, 3.8) is 0 Å². The number of rotatable bonds is 10. The van der Waals surface area contributed by atoms with E-state index in [1.54, 1.807) is 44.2 Å². The topological polar surface area (TPSA) is 89.5 Å². The first-order valence-corrected chi connectivity index (χ1v) is 13.9. The van der Waals surface area contributed by atoms with Crippen molar-refractivity contribution in [3.05, 3.63) is 119 Å². The maximum Gasteiger partial charge on any atom is 0.338 e. The molecule has 3 aromatic rings. The maximum absolute atomic E-state index is 13.4. The summed E-state index contributed by atoms with van der Waals surface area (Å²) >= 11 is 0. The molecule has 0 aromatic heterocycles. The lowest BCUT2D eigenvalue weighted by Crippen LogP contribution is -2.55. The zero-order valence-electron chi connectivity index (χ0n) is 24.3. The molecule has 0 saturated carbocycles. The van der Waals surface area contributed by atoms with Crippen LogP contribution in [0.5, 0.6) is 0 Å². The molecule has 0 spiro atoms. The quantitative estimate of drug-likeness (QED) is 0.226. The number of hydrogen-bond donors (Lipinski definition) is 0. The lowest BCUT2D eigenvalue weighted by molar-refractivity contribution is -0.244. The summed E-state index contributed by atoms with van der Waals surface area (Å²) in [6.45, 7) is 11.4. The predicted octanol–water partition coefficient (Wildman–Crippen LogP) is 5.70. The molecule has 42 heavy (non-hydrogen) atoms. The number of aryl methyl sites for hydroxylation is 2. The van der Waals surface area contributed by atoms with E-state index in [0.717, 1.165) is 16.7 Å². The highest BCUT2D eigenvalue weighted by molar-refractivity contribution is 5.90. The lowest BCUT2D eigenvalue weighted by Gasteiger charge is -2.38. The third-order valence-electron chi connectivity index (χ3n) is 7.43. The fourth-order valence-corrected chi connectivity index (χ4v) is 5.17. The van der Waals surface area contributed by atoms with Crippen LogP contribution in [-0.2, 0) is 35.0 Å². The molecule has 0 radical (unpaired) electrons. The Morgan fingerprint density at radius 1 is 0.881 bits per heavy atom. The lowest BCUT2D eigenvalue weighted by atomic mass is 9.88. The summed E-state index contributed by atoms with van der Waals surface area (Å²) < 4.78 is 37.0. The maximum atomic E-state index is 13.4. The van der Waals surface area contributed by atoms with Crippen molar-refractivity contribution in [1.29, 1.82) is 0 Å². The first-order valence-electron chi connectivity index (χ1n) is 13.9. The smallest absolute Gasteiger partial charge is 0.338 e. The molecule has 2 aliphatic rings. The minimum atomic E-state index is -1.32. The molecule has 3 aromatic carbocycles. The number of carbonyl (C=O) groups is 2. The molecule has 0 N–H and O–H groups in total. The molecule has 2 saturated heterocycles. The van der Waals surface area contributed by atoms with Gasteiger partial charge in [0.05, 0.1) is 17.7 Å². The van der Waals surface area contributed by atoms with Crippen molar-refractivity contribution in [3.8, 4) is 0 Å². The molecular weight excluding hydrogens is 536 g/mol.